The van der Waals surface area contributed by atoms with Crippen molar-refractivity contribution in [1.82, 2.24) is 4.98 Å². The van der Waals surface area contributed by atoms with Crippen LogP contribution in [0.1, 0.15) is 28.8 Å². The molecule has 0 amide bonds. The van der Waals surface area contributed by atoms with Gasteiger partial charge in [-0.3, -0.25) is 9.78 Å². The van der Waals surface area contributed by atoms with Crippen LogP contribution >= 0.6 is 11.6 Å². The molecule has 2 aromatic carbocycles. The zero-order valence-electron chi connectivity index (χ0n) is 15.3. The topological polar surface area (TPSA) is 57.0 Å². The quantitative estimate of drug-likeness (QED) is 0.560. The van der Waals surface area contributed by atoms with E-state index in [0.717, 1.165) is 0 Å². The van der Waals surface area contributed by atoms with E-state index in [1.165, 1.54) is 42.6 Å². The van der Waals surface area contributed by atoms with Crippen molar-refractivity contribution in [3.63, 3.8) is 0 Å². The molecule has 0 bridgehead atoms. The van der Waals surface area contributed by atoms with Crippen molar-refractivity contribution < 1.29 is 13.6 Å². The Balaban J connectivity index is 1.63. The summed E-state index contributed by atoms with van der Waals surface area (Å²) in [5.41, 5.74) is 1.47. The van der Waals surface area contributed by atoms with Crippen LogP contribution in [0.5, 0.6) is 0 Å². The smallest absolute Gasteiger partial charge is 0.166 e. The van der Waals surface area contributed by atoms with Gasteiger partial charge in [0.2, 0.25) is 0 Å². The second-order valence-electron chi connectivity index (χ2n) is 7.02. The first-order chi connectivity index (χ1) is 14.0. The summed E-state index contributed by atoms with van der Waals surface area (Å²) in [6, 6.07) is 10.4. The summed E-state index contributed by atoms with van der Waals surface area (Å²) < 4.78 is 27.3. The molecule has 0 radical (unpaired) electrons. The second-order valence-corrected chi connectivity index (χ2v) is 7.42. The van der Waals surface area contributed by atoms with Crippen molar-refractivity contribution in [1.29, 1.82) is 5.26 Å². The molecular weight excluding hydrogens is 396 g/mol. The van der Waals surface area contributed by atoms with Crippen LogP contribution in [0.25, 0.3) is 10.9 Å². The third-order valence-electron chi connectivity index (χ3n) is 5.32. The molecule has 0 atom stereocenters. The van der Waals surface area contributed by atoms with Crippen LogP contribution < -0.4 is 4.90 Å². The number of rotatable bonds is 3. The highest BCUT2D eigenvalue weighted by atomic mass is 35.5. The lowest BCUT2D eigenvalue weighted by Gasteiger charge is -2.34. The Morgan fingerprint density at radius 2 is 1.83 bits per heavy atom. The van der Waals surface area contributed by atoms with Crippen LogP contribution in [0.2, 0.25) is 5.02 Å². The number of piperidine rings is 1. The number of carbonyl (C=O) groups excluding carboxylic acids is 1. The summed E-state index contributed by atoms with van der Waals surface area (Å²) in [5.74, 6) is -1.10. The number of nitrogens with zero attached hydrogens (tertiary/aromatic N) is 3. The van der Waals surface area contributed by atoms with E-state index >= 15 is 0 Å². The number of fused-ring (bicyclic) bond motifs is 1. The van der Waals surface area contributed by atoms with Gasteiger partial charge in [-0.05, 0) is 49.2 Å². The van der Waals surface area contributed by atoms with Crippen LogP contribution in [-0.4, -0.2) is 23.9 Å². The van der Waals surface area contributed by atoms with Crippen molar-refractivity contribution >= 4 is 34.0 Å². The van der Waals surface area contributed by atoms with Gasteiger partial charge in [-0.2, -0.15) is 5.26 Å². The zero-order chi connectivity index (χ0) is 20.5. The summed E-state index contributed by atoms with van der Waals surface area (Å²) in [6.45, 7) is 1.02. The van der Waals surface area contributed by atoms with Gasteiger partial charge in [0, 0.05) is 36.2 Å². The van der Waals surface area contributed by atoms with E-state index in [1.807, 2.05) is 4.90 Å². The number of pyridine rings is 1. The molecule has 3 aromatic rings. The van der Waals surface area contributed by atoms with Crippen molar-refractivity contribution in [2.75, 3.05) is 18.0 Å². The SMILES string of the molecule is N#Cc1cnc2c(F)ccc(Cl)c2c1N1CCC(C(=O)c2ccc(F)cc2)CC1. The van der Waals surface area contributed by atoms with Crippen LogP contribution in [0.4, 0.5) is 14.5 Å². The number of hydrogen-bond donors (Lipinski definition) is 0. The molecular formula is C22H16ClF2N3O. The third kappa shape index (κ3) is 3.54. The van der Waals surface area contributed by atoms with Gasteiger partial charge in [0.1, 0.15) is 23.2 Å². The summed E-state index contributed by atoms with van der Waals surface area (Å²) in [4.78, 5) is 18.7. The number of anilines is 1. The minimum atomic E-state index is -0.503. The van der Waals surface area contributed by atoms with E-state index in [1.54, 1.807) is 0 Å². The first-order valence-electron chi connectivity index (χ1n) is 9.21. The molecule has 1 fully saturated rings. The standard InChI is InChI=1S/C22H16ClF2N3O/c23-17-5-6-18(25)20-19(17)21(15(11-26)12-27-20)28-9-7-14(8-10-28)22(29)13-1-3-16(24)4-2-13/h1-6,12,14H,7-10H2. The molecule has 1 saturated heterocycles. The van der Waals surface area contributed by atoms with Gasteiger partial charge < -0.3 is 4.90 Å². The molecule has 0 spiro atoms. The minimum Gasteiger partial charge on any atom is -0.370 e. The van der Waals surface area contributed by atoms with Crippen molar-refractivity contribution in [3.05, 3.63) is 70.4 Å². The Morgan fingerprint density at radius 1 is 1.14 bits per heavy atom. The summed E-state index contributed by atoms with van der Waals surface area (Å²) >= 11 is 6.33. The van der Waals surface area contributed by atoms with Crippen molar-refractivity contribution in [3.8, 4) is 6.07 Å². The lowest BCUT2D eigenvalue weighted by molar-refractivity contribution is 0.0900. The summed E-state index contributed by atoms with van der Waals surface area (Å²) in [5, 5.41) is 10.3. The highest BCUT2D eigenvalue weighted by Gasteiger charge is 2.28. The average molecular weight is 412 g/mol. The molecule has 1 aliphatic heterocycles. The first-order valence-corrected chi connectivity index (χ1v) is 9.59. The number of nitriles is 1. The van der Waals surface area contributed by atoms with Gasteiger partial charge >= 0.3 is 0 Å². The highest BCUT2D eigenvalue weighted by molar-refractivity contribution is 6.36. The van der Waals surface area contributed by atoms with Crippen molar-refractivity contribution in [2.24, 2.45) is 5.92 Å². The Kier molecular flexibility index (Phi) is 5.16. The fourth-order valence-electron chi connectivity index (χ4n) is 3.84. The lowest BCUT2D eigenvalue weighted by atomic mass is 9.88. The van der Waals surface area contributed by atoms with Gasteiger partial charge in [-0.15, -0.1) is 0 Å². The third-order valence-corrected chi connectivity index (χ3v) is 5.64. The predicted octanol–water partition coefficient (Wildman–Crippen LogP) is 5.14. The number of aromatic nitrogens is 1. The minimum absolute atomic E-state index is 0.0196. The van der Waals surface area contributed by atoms with Gasteiger partial charge in [0.15, 0.2) is 5.78 Å². The fourth-order valence-corrected chi connectivity index (χ4v) is 4.08. The largest absolute Gasteiger partial charge is 0.370 e. The molecule has 0 aliphatic carbocycles. The van der Waals surface area contributed by atoms with Crippen LogP contribution in [-0.2, 0) is 0 Å². The monoisotopic (exact) mass is 411 g/mol. The zero-order valence-corrected chi connectivity index (χ0v) is 16.1. The number of benzene rings is 2. The van der Waals surface area contributed by atoms with Crippen LogP contribution in [0.15, 0.2) is 42.6 Å². The molecule has 0 unspecified atom stereocenters. The predicted molar refractivity (Wildman–Crippen MR) is 107 cm³/mol. The Labute approximate surface area is 171 Å². The molecule has 4 nitrogen and oxygen atoms in total. The number of hydrogen-bond acceptors (Lipinski definition) is 4. The van der Waals surface area contributed by atoms with Gasteiger partial charge in [0.25, 0.3) is 0 Å². The Hall–Kier alpha value is -3.04. The van der Waals surface area contributed by atoms with Gasteiger partial charge in [0.05, 0.1) is 16.3 Å². The lowest BCUT2D eigenvalue weighted by Crippen LogP contribution is -2.37. The second kappa shape index (κ2) is 7.76. The molecule has 0 saturated carbocycles. The van der Waals surface area contributed by atoms with E-state index in [-0.39, 0.29) is 23.0 Å². The number of ketones is 1. The Bertz CT molecular complexity index is 1130. The molecule has 29 heavy (non-hydrogen) atoms. The number of carbonyl (C=O) groups is 1. The normalized spacial score (nSPS) is 14.8. The maximum atomic E-state index is 14.2. The van der Waals surface area contributed by atoms with E-state index < -0.39 is 5.82 Å². The molecule has 1 aliphatic rings. The van der Waals surface area contributed by atoms with Gasteiger partial charge in [-0.25, -0.2) is 8.78 Å². The van der Waals surface area contributed by atoms with E-state index in [9.17, 15) is 18.8 Å². The summed E-state index contributed by atoms with van der Waals surface area (Å²) in [6.07, 6.45) is 2.49. The molecule has 1 aromatic heterocycles. The van der Waals surface area contributed by atoms with Crippen molar-refractivity contribution in [2.45, 2.75) is 12.8 Å². The molecule has 2 heterocycles. The first kappa shape index (κ1) is 19.3. The van der Waals surface area contributed by atoms with E-state index in [0.29, 0.717) is 53.2 Å². The molecule has 4 rings (SSSR count). The average Bonchev–Trinajstić information content (AvgIpc) is 2.75. The van der Waals surface area contributed by atoms with E-state index in [2.05, 4.69) is 11.1 Å². The molecule has 0 N–H and O–H groups in total. The number of halogens is 3. The van der Waals surface area contributed by atoms with Crippen LogP contribution in [0.3, 0.4) is 0 Å². The number of Topliss-reactive ketones (excluding diaryl/α,β-unsaturated/α-hetero) is 1. The highest BCUT2D eigenvalue weighted by Crippen LogP contribution is 2.37. The molecule has 7 heteroatoms. The maximum absolute atomic E-state index is 14.2. The van der Waals surface area contributed by atoms with Crippen LogP contribution in [0, 0.1) is 28.9 Å². The fraction of sp³-hybridized carbons (Fsp3) is 0.227. The maximum Gasteiger partial charge on any atom is 0.166 e. The molecule has 146 valence electrons. The van der Waals surface area contributed by atoms with Gasteiger partial charge in [-0.1, -0.05) is 11.6 Å². The Morgan fingerprint density at radius 3 is 2.48 bits per heavy atom. The van der Waals surface area contributed by atoms with E-state index in [4.69, 9.17) is 11.6 Å². The summed E-state index contributed by atoms with van der Waals surface area (Å²) in [7, 11) is 0.